The molecule has 0 amide bonds. The van der Waals surface area contributed by atoms with Gasteiger partial charge in [0.1, 0.15) is 29.4 Å². The molecule has 0 aliphatic carbocycles. The van der Waals surface area contributed by atoms with Crippen LogP contribution < -0.4 is 0 Å². The van der Waals surface area contributed by atoms with Gasteiger partial charge in [0, 0.05) is 5.69 Å². The minimum Gasteiger partial charge on any atom is -0.465 e. The summed E-state index contributed by atoms with van der Waals surface area (Å²) in [7, 11) is 1.27. The molecule has 2 aromatic heterocycles. The first kappa shape index (κ1) is 20.3. The summed E-state index contributed by atoms with van der Waals surface area (Å²) >= 11 is 0. The second kappa shape index (κ2) is 8.11. The Morgan fingerprint density at radius 2 is 1.78 bits per heavy atom. The third-order valence-electron chi connectivity index (χ3n) is 3.91. The van der Waals surface area contributed by atoms with Crippen LogP contribution in [0.2, 0.25) is 0 Å². The molecule has 8 heteroatoms. The highest BCUT2D eigenvalue weighted by atomic mass is 16.5. The molecule has 0 spiro atoms. The fourth-order valence-electron chi connectivity index (χ4n) is 2.67. The third kappa shape index (κ3) is 4.39. The summed E-state index contributed by atoms with van der Waals surface area (Å²) in [6.07, 6.45) is -0.271. The van der Waals surface area contributed by atoms with Crippen molar-refractivity contribution in [2.45, 2.75) is 47.3 Å². The Hall–Kier alpha value is -3.03. The summed E-state index contributed by atoms with van der Waals surface area (Å²) in [4.78, 5) is 39.0. The molecule has 0 bridgehead atoms. The minimum atomic E-state index is -0.645. The van der Waals surface area contributed by atoms with Crippen molar-refractivity contribution >= 4 is 17.9 Å². The molecule has 0 fully saturated rings. The third-order valence-corrected chi connectivity index (χ3v) is 3.91. The van der Waals surface area contributed by atoms with E-state index in [1.165, 1.54) is 13.2 Å². The maximum absolute atomic E-state index is 12.4. The van der Waals surface area contributed by atoms with Gasteiger partial charge in [0.05, 0.1) is 18.8 Å². The van der Waals surface area contributed by atoms with Gasteiger partial charge in [0.15, 0.2) is 0 Å². The number of ether oxygens (including phenoxy) is 3. The molecule has 2 heterocycles. The van der Waals surface area contributed by atoms with Gasteiger partial charge in [-0.05, 0) is 46.2 Å². The number of aromatic nitrogens is 1. The standard InChI is InChI=1S/C19H23NO7/c1-9(2)26-18(22)15-10(3)16(20-11(15)4)19(23)25-8-13-7-14(12(5)27-13)17(21)24-6/h7,9,20H,8H2,1-6H3. The Morgan fingerprint density at radius 1 is 1.11 bits per heavy atom. The lowest BCUT2D eigenvalue weighted by atomic mass is 10.1. The van der Waals surface area contributed by atoms with E-state index in [0.717, 1.165) is 0 Å². The number of esters is 3. The van der Waals surface area contributed by atoms with E-state index in [-0.39, 0.29) is 24.0 Å². The molecule has 0 aliphatic rings. The van der Waals surface area contributed by atoms with Crippen LogP contribution in [0.5, 0.6) is 0 Å². The quantitative estimate of drug-likeness (QED) is 0.608. The van der Waals surface area contributed by atoms with Crippen molar-refractivity contribution in [2.75, 3.05) is 7.11 Å². The van der Waals surface area contributed by atoms with Crippen LogP contribution in [0.3, 0.4) is 0 Å². The number of H-pyrrole nitrogens is 1. The number of carbonyl (C=O) groups excluding carboxylic acids is 3. The van der Waals surface area contributed by atoms with E-state index in [1.54, 1.807) is 34.6 Å². The highest BCUT2D eigenvalue weighted by Crippen LogP contribution is 2.22. The van der Waals surface area contributed by atoms with Crippen molar-refractivity contribution < 1.29 is 33.0 Å². The first-order valence-corrected chi connectivity index (χ1v) is 8.40. The first-order valence-electron chi connectivity index (χ1n) is 8.40. The lowest BCUT2D eigenvalue weighted by Gasteiger charge is -2.08. The van der Waals surface area contributed by atoms with Crippen LogP contribution in [-0.4, -0.2) is 36.1 Å². The van der Waals surface area contributed by atoms with E-state index in [9.17, 15) is 14.4 Å². The van der Waals surface area contributed by atoms with E-state index in [4.69, 9.17) is 13.9 Å². The van der Waals surface area contributed by atoms with Crippen LogP contribution >= 0.6 is 0 Å². The topological polar surface area (TPSA) is 108 Å². The van der Waals surface area contributed by atoms with Gasteiger partial charge in [-0.3, -0.25) is 0 Å². The van der Waals surface area contributed by atoms with E-state index in [0.29, 0.717) is 28.3 Å². The maximum Gasteiger partial charge on any atom is 0.355 e. The Labute approximate surface area is 156 Å². The summed E-state index contributed by atoms with van der Waals surface area (Å²) in [5.74, 6) is -0.995. The van der Waals surface area contributed by atoms with Crippen LogP contribution in [0, 0.1) is 20.8 Å². The molecule has 2 rings (SSSR count). The number of carbonyl (C=O) groups is 3. The summed E-state index contributed by atoms with van der Waals surface area (Å²) in [5.41, 5.74) is 1.73. The van der Waals surface area contributed by atoms with Gasteiger partial charge in [-0.1, -0.05) is 0 Å². The number of furan rings is 1. The monoisotopic (exact) mass is 377 g/mol. The van der Waals surface area contributed by atoms with Crippen molar-refractivity contribution in [3.63, 3.8) is 0 Å². The van der Waals surface area contributed by atoms with Crippen LogP contribution in [0.1, 0.15) is 67.8 Å². The molecule has 0 aliphatic heterocycles. The Bertz CT molecular complexity index is 873. The number of hydrogen-bond acceptors (Lipinski definition) is 7. The van der Waals surface area contributed by atoms with Crippen molar-refractivity contribution in [3.8, 4) is 0 Å². The van der Waals surface area contributed by atoms with Gasteiger partial charge in [-0.15, -0.1) is 0 Å². The van der Waals surface area contributed by atoms with Gasteiger partial charge in [0.25, 0.3) is 0 Å². The zero-order valence-corrected chi connectivity index (χ0v) is 16.2. The smallest absolute Gasteiger partial charge is 0.355 e. The van der Waals surface area contributed by atoms with Crippen LogP contribution in [0.15, 0.2) is 10.5 Å². The fraction of sp³-hybridized carbons (Fsp3) is 0.421. The Morgan fingerprint density at radius 3 is 2.37 bits per heavy atom. The molecule has 0 saturated heterocycles. The zero-order chi connectivity index (χ0) is 20.3. The summed E-state index contributed by atoms with van der Waals surface area (Å²) < 4.78 is 20.5. The number of aryl methyl sites for hydroxylation is 2. The molecule has 27 heavy (non-hydrogen) atoms. The van der Waals surface area contributed by atoms with Crippen LogP contribution in [0.25, 0.3) is 0 Å². The van der Waals surface area contributed by atoms with Crippen molar-refractivity contribution in [1.29, 1.82) is 0 Å². The molecular weight excluding hydrogens is 354 g/mol. The van der Waals surface area contributed by atoms with E-state index in [2.05, 4.69) is 9.72 Å². The van der Waals surface area contributed by atoms with E-state index < -0.39 is 17.9 Å². The molecule has 0 saturated carbocycles. The molecule has 8 nitrogen and oxygen atoms in total. The molecule has 2 aromatic rings. The number of hydrogen-bond donors (Lipinski definition) is 1. The lowest BCUT2D eigenvalue weighted by molar-refractivity contribution is 0.0376. The second-order valence-corrected chi connectivity index (χ2v) is 6.33. The number of aromatic amines is 1. The second-order valence-electron chi connectivity index (χ2n) is 6.33. The van der Waals surface area contributed by atoms with Gasteiger partial charge >= 0.3 is 17.9 Å². The zero-order valence-electron chi connectivity index (χ0n) is 16.2. The molecule has 0 radical (unpaired) electrons. The predicted molar refractivity (Wildman–Crippen MR) is 94.7 cm³/mol. The van der Waals surface area contributed by atoms with Gasteiger partial charge in [0.2, 0.25) is 0 Å². The summed E-state index contributed by atoms with van der Waals surface area (Å²) in [5, 5.41) is 0. The van der Waals surface area contributed by atoms with Gasteiger partial charge in [-0.2, -0.15) is 0 Å². The maximum atomic E-state index is 12.4. The van der Waals surface area contributed by atoms with Crippen LogP contribution in [-0.2, 0) is 20.8 Å². The van der Waals surface area contributed by atoms with Crippen molar-refractivity contribution in [2.24, 2.45) is 0 Å². The van der Waals surface area contributed by atoms with Crippen LogP contribution in [0.4, 0.5) is 0 Å². The minimum absolute atomic E-state index is 0.166. The average molecular weight is 377 g/mol. The molecule has 0 unspecified atom stereocenters. The lowest BCUT2D eigenvalue weighted by Crippen LogP contribution is -2.13. The Balaban J connectivity index is 2.13. The van der Waals surface area contributed by atoms with E-state index in [1.807, 2.05) is 0 Å². The first-order chi connectivity index (χ1) is 12.6. The number of nitrogens with one attached hydrogen (secondary N) is 1. The molecule has 0 atom stereocenters. The highest BCUT2D eigenvalue weighted by Gasteiger charge is 2.25. The average Bonchev–Trinajstić information content (AvgIpc) is 3.10. The molecular formula is C19H23NO7. The van der Waals surface area contributed by atoms with Crippen molar-refractivity contribution in [1.82, 2.24) is 4.98 Å². The van der Waals surface area contributed by atoms with Gasteiger partial charge < -0.3 is 23.6 Å². The highest BCUT2D eigenvalue weighted by molar-refractivity contribution is 5.98. The fourth-order valence-corrected chi connectivity index (χ4v) is 2.67. The Kier molecular flexibility index (Phi) is 6.09. The van der Waals surface area contributed by atoms with E-state index >= 15 is 0 Å². The normalized spacial score (nSPS) is 10.8. The predicted octanol–water partition coefficient (Wildman–Crippen LogP) is 3.24. The summed E-state index contributed by atoms with van der Waals surface area (Å²) in [6.45, 7) is 8.27. The molecule has 146 valence electrons. The SMILES string of the molecule is COC(=O)c1cc(COC(=O)c2[nH]c(C)c(C(=O)OC(C)C)c2C)oc1C. The summed E-state index contributed by atoms with van der Waals surface area (Å²) in [6, 6.07) is 1.46. The largest absolute Gasteiger partial charge is 0.465 e. The number of rotatable bonds is 6. The number of methoxy groups -OCH3 is 1. The van der Waals surface area contributed by atoms with Crippen molar-refractivity contribution in [3.05, 3.63) is 45.7 Å². The molecule has 0 aromatic carbocycles. The van der Waals surface area contributed by atoms with Gasteiger partial charge in [-0.25, -0.2) is 14.4 Å². The molecule has 1 N–H and O–H groups in total.